The van der Waals surface area contributed by atoms with Crippen molar-refractivity contribution in [3.63, 3.8) is 0 Å². The highest BCUT2D eigenvalue weighted by Crippen LogP contribution is 2.31. The number of sulfonamides is 1. The molecule has 2 aromatic rings. The molecule has 0 unspecified atom stereocenters. The summed E-state index contributed by atoms with van der Waals surface area (Å²) in [5.74, 6) is 0.177. The molecule has 0 bridgehead atoms. The van der Waals surface area contributed by atoms with Gasteiger partial charge in [0.15, 0.2) is 0 Å². The van der Waals surface area contributed by atoms with E-state index in [1.54, 1.807) is 24.4 Å². The fourth-order valence-corrected chi connectivity index (χ4v) is 5.69. The Morgan fingerprint density at radius 2 is 2.00 bits per heavy atom. The van der Waals surface area contributed by atoms with Crippen LogP contribution in [0.25, 0.3) is 0 Å². The number of hydrogen-bond acceptors (Lipinski definition) is 6. The molecule has 0 atom stereocenters. The summed E-state index contributed by atoms with van der Waals surface area (Å²) >= 11 is 7.29. The smallest absolute Gasteiger partial charge is 0.243 e. The van der Waals surface area contributed by atoms with Crippen molar-refractivity contribution in [2.75, 3.05) is 24.2 Å². The van der Waals surface area contributed by atoms with Gasteiger partial charge in [-0.15, -0.1) is 0 Å². The molecular formula is C21H26ClN3O4S2. The van der Waals surface area contributed by atoms with Gasteiger partial charge >= 0.3 is 0 Å². The van der Waals surface area contributed by atoms with Gasteiger partial charge in [0.1, 0.15) is 10.8 Å². The Morgan fingerprint density at radius 1 is 1.26 bits per heavy atom. The highest BCUT2D eigenvalue weighted by Gasteiger charge is 2.27. The number of benzene rings is 1. The number of carbonyl (C=O) groups is 1. The zero-order chi connectivity index (χ0) is 22.4. The molecule has 2 heterocycles. The molecule has 1 aliphatic rings. The monoisotopic (exact) mass is 483 g/mol. The normalized spacial score (nSPS) is 15.1. The average molecular weight is 484 g/mol. The SMILES string of the molecule is CC(C)Oc1ccc(S(=O)(=O)N2CCCCC2)cc1NC(=O)CSc1ncccc1Cl. The van der Waals surface area contributed by atoms with Gasteiger partial charge in [0.2, 0.25) is 15.9 Å². The lowest BCUT2D eigenvalue weighted by atomic mass is 10.2. The molecule has 168 valence electrons. The quantitative estimate of drug-likeness (QED) is 0.559. The van der Waals surface area contributed by atoms with Crippen molar-refractivity contribution in [3.05, 3.63) is 41.6 Å². The first-order valence-corrected chi connectivity index (χ1v) is 12.9. The molecule has 0 aliphatic carbocycles. The molecule has 1 aliphatic heterocycles. The fraction of sp³-hybridized carbons (Fsp3) is 0.429. The molecule has 7 nitrogen and oxygen atoms in total. The summed E-state index contributed by atoms with van der Waals surface area (Å²) in [5.41, 5.74) is 0.324. The van der Waals surface area contributed by atoms with Gasteiger partial charge in [-0.25, -0.2) is 13.4 Å². The van der Waals surface area contributed by atoms with Crippen LogP contribution < -0.4 is 10.1 Å². The lowest BCUT2D eigenvalue weighted by Gasteiger charge is -2.26. The molecule has 1 saturated heterocycles. The molecule has 0 radical (unpaired) electrons. The minimum absolute atomic E-state index is 0.0704. The molecule has 1 aromatic carbocycles. The van der Waals surface area contributed by atoms with Crippen LogP contribution >= 0.6 is 23.4 Å². The Kier molecular flexibility index (Phi) is 8.21. The summed E-state index contributed by atoms with van der Waals surface area (Å²) in [6, 6.07) is 8.02. The number of halogens is 1. The van der Waals surface area contributed by atoms with Crippen LogP contribution in [0, 0.1) is 0 Å². The van der Waals surface area contributed by atoms with Gasteiger partial charge in [0.25, 0.3) is 0 Å². The zero-order valence-electron chi connectivity index (χ0n) is 17.5. The van der Waals surface area contributed by atoms with E-state index in [0.29, 0.717) is 34.6 Å². The number of aromatic nitrogens is 1. The summed E-state index contributed by atoms with van der Waals surface area (Å²) in [6.45, 7) is 4.75. The van der Waals surface area contributed by atoms with Gasteiger partial charge in [0, 0.05) is 19.3 Å². The number of rotatable bonds is 8. The van der Waals surface area contributed by atoms with Crippen LogP contribution in [0.4, 0.5) is 5.69 Å². The Bertz CT molecular complexity index is 1030. The predicted molar refractivity (Wildman–Crippen MR) is 123 cm³/mol. The zero-order valence-corrected chi connectivity index (χ0v) is 19.9. The summed E-state index contributed by atoms with van der Waals surface area (Å²) in [7, 11) is -3.63. The lowest BCUT2D eigenvalue weighted by Crippen LogP contribution is -2.35. The van der Waals surface area contributed by atoms with E-state index in [9.17, 15) is 13.2 Å². The maximum Gasteiger partial charge on any atom is 0.243 e. The van der Waals surface area contributed by atoms with Gasteiger partial charge in [0.05, 0.1) is 27.5 Å². The van der Waals surface area contributed by atoms with Crippen LogP contribution in [0.5, 0.6) is 5.75 Å². The van der Waals surface area contributed by atoms with Crippen molar-refractivity contribution >= 4 is 45.0 Å². The van der Waals surface area contributed by atoms with Gasteiger partial charge in [-0.2, -0.15) is 4.31 Å². The number of nitrogens with zero attached hydrogens (tertiary/aromatic N) is 2. The van der Waals surface area contributed by atoms with E-state index in [2.05, 4.69) is 10.3 Å². The van der Waals surface area contributed by atoms with Crippen molar-refractivity contribution in [1.82, 2.24) is 9.29 Å². The first-order valence-electron chi connectivity index (χ1n) is 10.1. The lowest BCUT2D eigenvalue weighted by molar-refractivity contribution is -0.113. The molecule has 1 amide bonds. The van der Waals surface area contributed by atoms with Crippen LogP contribution in [0.2, 0.25) is 5.02 Å². The van der Waals surface area contributed by atoms with Crippen molar-refractivity contribution in [2.24, 2.45) is 0 Å². The van der Waals surface area contributed by atoms with Gasteiger partial charge in [-0.1, -0.05) is 29.8 Å². The number of piperidine rings is 1. The summed E-state index contributed by atoms with van der Waals surface area (Å²) in [6.07, 6.45) is 4.21. The van der Waals surface area contributed by atoms with E-state index in [1.807, 2.05) is 13.8 Å². The first kappa shape index (κ1) is 23.8. The summed E-state index contributed by atoms with van der Waals surface area (Å²) in [5, 5.41) is 3.81. The second-order valence-electron chi connectivity index (χ2n) is 7.42. The van der Waals surface area contributed by atoms with Gasteiger partial charge in [-0.05, 0) is 57.0 Å². The fourth-order valence-electron chi connectivity index (χ4n) is 3.18. The van der Waals surface area contributed by atoms with E-state index in [0.717, 1.165) is 19.3 Å². The Balaban J connectivity index is 1.80. The second kappa shape index (κ2) is 10.7. The Labute approximate surface area is 192 Å². The van der Waals surface area contributed by atoms with Crippen LogP contribution in [0.1, 0.15) is 33.1 Å². The van der Waals surface area contributed by atoms with Crippen LogP contribution in [0.15, 0.2) is 46.5 Å². The largest absolute Gasteiger partial charge is 0.489 e. The number of hydrogen-bond donors (Lipinski definition) is 1. The number of thioether (sulfide) groups is 1. The summed E-state index contributed by atoms with van der Waals surface area (Å²) in [4.78, 5) is 16.9. The average Bonchev–Trinajstić information content (AvgIpc) is 2.74. The second-order valence-corrected chi connectivity index (χ2v) is 10.7. The van der Waals surface area contributed by atoms with Crippen LogP contribution in [-0.2, 0) is 14.8 Å². The van der Waals surface area contributed by atoms with Gasteiger partial charge < -0.3 is 10.1 Å². The number of nitrogens with one attached hydrogen (secondary N) is 1. The molecule has 0 spiro atoms. The topological polar surface area (TPSA) is 88.6 Å². The highest BCUT2D eigenvalue weighted by atomic mass is 35.5. The molecule has 1 fully saturated rings. The third-order valence-corrected chi connectivity index (χ3v) is 7.92. The van der Waals surface area contributed by atoms with E-state index in [1.165, 1.54) is 28.2 Å². The van der Waals surface area contributed by atoms with Crippen molar-refractivity contribution in [1.29, 1.82) is 0 Å². The van der Waals surface area contributed by atoms with Crippen LogP contribution in [-0.4, -0.2) is 48.6 Å². The van der Waals surface area contributed by atoms with Gasteiger partial charge in [-0.3, -0.25) is 4.79 Å². The first-order chi connectivity index (χ1) is 14.8. The van der Waals surface area contributed by atoms with E-state index >= 15 is 0 Å². The number of ether oxygens (including phenoxy) is 1. The third-order valence-electron chi connectivity index (χ3n) is 4.61. The summed E-state index contributed by atoms with van der Waals surface area (Å²) < 4.78 is 33.4. The predicted octanol–water partition coefficient (Wildman–Crippen LogP) is 4.43. The van der Waals surface area contributed by atoms with Crippen molar-refractivity contribution < 1.29 is 17.9 Å². The molecule has 0 saturated carbocycles. The molecule has 1 aromatic heterocycles. The molecule has 1 N–H and O–H groups in total. The Hall–Kier alpha value is -1.81. The number of anilines is 1. The molecule has 3 rings (SSSR count). The van der Waals surface area contributed by atoms with Crippen molar-refractivity contribution in [2.45, 2.75) is 49.1 Å². The maximum absolute atomic E-state index is 13.1. The standard InChI is InChI=1S/C21H26ClN3O4S2/c1-15(2)29-19-9-8-16(31(27,28)25-11-4-3-5-12-25)13-18(19)24-20(26)14-30-21-17(22)7-6-10-23-21/h6-10,13,15H,3-5,11-12,14H2,1-2H3,(H,24,26). The number of pyridine rings is 1. The number of amides is 1. The Morgan fingerprint density at radius 3 is 2.68 bits per heavy atom. The van der Waals surface area contributed by atoms with Crippen molar-refractivity contribution in [3.8, 4) is 5.75 Å². The molecule has 31 heavy (non-hydrogen) atoms. The van der Waals surface area contributed by atoms with E-state index in [4.69, 9.17) is 16.3 Å². The highest BCUT2D eigenvalue weighted by molar-refractivity contribution is 8.00. The van der Waals surface area contributed by atoms with Crippen LogP contribution in [0.3, 0.4) is 0 Å². The minimum atomic E-state index is -3.63. The molecular weight excluding hydrogens is 458 g/mol. The maximum atomic E-state index is 13.1. The minimum Gasteiger partial charge on any atom is -0.489 e. The third kappa shape index (κ3) is 6.35. The van der Waals surface area contributed by atoms with E-state index < -0.39 is 10.0 Å². The molecule has 10 heteroatoms. The number of carbonyl (C=O) groups excluding carboxylic acids is 1. The van der Waals surface area contributed by atoms with E-state index in [-0.39, 0.29) is 22.7 Å².